The smallest absolute Gasteiger partial charge is 0.327 e. The van der Waals surface area contributed by atoms with Gasteiger partial charge in [-0.15, -0.1) is 0 Å². The van der Waals surface area contributed by atoms with E-state index in [4.69, 9.17) is 5.11 Å². The topological polar surface area (TPSA) is 37.3 Å². The van der Waals surface area contributed by atoms with Crippen molar-refractivity contribution in [1.29, 1.82) is 0 Å². The molecule has 0 saturated heterocycles. The third-order valence-electron chi connectivity index (χ3n) is 6.68. The zero-order valence-corrected chi connectivity index (χ0v) is 21.4. The normalized spacial score (nSPS) is 12.6. The van der Waals surface area contributed by atoms with E-state index in [1.54, 1.807) is 0 Å². The molecule has 0 aromatic carbocycles. The van der Waals surface area contributed by atoms with Crippen molar-refractivity contribution in [2.75, 3.05) is 0 Å². The molecule has 1 N–H and O–H groups in total. The summed E-state index contributed by atoms with van der Waals surface area (Å²) in [5.41, 5.74) is 0. The highest BCUT2D eigenvalue weighted by Gasteiger charge is 2.08. The van der Waals surface area contributed by atoms with E-state index in [0.29, 0.717) is 0 Å². The molecule has 0 aliphatic carbocycles. The van der Waals surface area contributed by atoms with E-state index < -0.39 is 5.97 Å². The maximum Gasteiger partial charge on any atom is 0.327 e. The Morgan fingerprint density at radius 2 is 0.935 bits per heavy atom. The maximum absolute atomic E-state index is 10.6. The molecule has 0 aliphatic rings. The van der Waals surface area contributed by atoms with Crippen molar-refractivity contribution in [2.24, 2.45) is 5.92 Å². The number of carbonyl (C=O) groups is 1. The van der Waals surface area contributed by atoms with Crippen LogP contribution in [-0.2, 0) is 4.79 Å². The van der Waals surface area contributed by atoms with E-state index in [0.717, 1.165) is 18.8 Å². The number of carboxylic acids is 1. The molecule has 2 nitrogen and oxygen atoms in total. The molecule has 0 spiro atoms. The molecule has 1 unspecified atom stereocenters. The first-order valence-electron chi connectivity index (χ1n) is 14.1. The Balaban J connectivity index is 3.59. The van der Waals surface area contributed by atoms with Gasteiger partial charge in [0.25, 0.3) is 0 Å². The molecule has 184 valence electrons. The van der Waals surface area contributed by atoms with Crippen LogP contribution in [0.25, 0.3) is 0 Å². The number of carboxylic acid groups (broad SMARTS) is 1. The van der Waals surface area contributed by atoms with Crippen LogP contribution in [0.2, 0.25) is 0 Å². The molecular formula is C29H56O2. The third-order valence-corrected chi connectivity index (χ3v) is 6.68. The zero-order valence-electron chi connectivity index (χ0n) is 21.4. The van der Waals surface area contributed by atoms with E-state index in [1.165, 1.54) is 141 Å². The fraction of sp³-hybridized carbons (Fsp3) is 0.897. The highest BCUT2D eigenvalue weighted by Crippen LogP contribution is 2.23. The summed E-state index contributed by atoms with van der Waals surface area (Å²) >= 11 is 0. The average Bonchev–Trinajstić information content (AvgIpc) is 2.76. The summed E-state index contributed by atoms with van der Waals surface area (Å²) in [5.74, 6) is -0.0285. The molecular weight excluding hydrogens is 380 g/mol. The van der Waals surface area contributed by atoms with Gasteiger partial charge in [0, 0.05) is 6.08 Å². The number of unbranched alkanes of at least 4 members (excludes halogenated alkanes) is 17. The first-order chi connectivity index (χ1) is 15.2. The predicted octanol–water partition coefficient (Wildman–Crippen LogP) is 10.3. The van der Waals surface area contributed by atoms with Crippen molar-refractivity contribution in [3.05, 3.63) is 12.2 Å². The highest BCUT2D eigenvalue weighted by atomic mass is 16.4. The molecule has 0 amide bonds. The van der Waals surface area contributed by atoms with Crippen LogP contribution in [0.3, 0.4) is 0 Å². The van der Waals surface area contributed by atoms with Crippen LogP contribution in [0.15, 0.2) is 12.2 Å². The lowest BCUT2D eigenvalue weighted by molar-refractivity contribution is -0.131. The Labute approximate surface area is 195 Å². The maximum atomic E-state index is 10.6. The molecule has 0 rings (SSSR count). The zero-order chi connectivity index (χ0) is 22.8. The van der Waals surface area contributed by atoms with Crippen molar-refractivity contribution in [3.63, 3.8) is 0 Å². The molecule has 0 aromatic rings. The molecule has 0 saturated carbocycles. The third kappa shape index (κ3) is 25.3. The molecule has 0 aliphatic heterocycles. The van der Waals surface area contributed by atoms with Gasteiger partial charge in [-0.05, 0) is 18.8 Å². The Morgan fingerprint density at radius 3 is 1.32 bits per heavy atom. The van der Waals surface area contributed by atoms with Gasteiger partial charge in [-0.25, -0.2) is 4.79 Å². The average molecular weight is 437 g/mol. The van der Waals surface area contributed by atoms with Gasteiger partial charge in [-0.1, -0.05) is 155 Å². The second-order valence-electron chi connectivity index (χ2n) is 9.77. The van der Waals surface area contributed by atoms with Crippen molar-refractivity contribution in [3.8, 4) is 0 Å². The minimum atomic E-state index is -0.818. The Morgan fingerprint density at radius 1 is 0.581 bits per heavy atom. The van der Waals surface area contributed by atoms with Crippen LogP contribution in [0.5, 0.6) is 0 Å². The molecule has 0 aromatic heterocycles. The lowest BCUT2D eigenvalue weighted by atomic mass is 9.90. The number of hydrogen-bond donors (Lipinski definition) is 1. The first kappa shape index (κ1) is 30.2. The molecule has 31 heavy (non-hydrogen) atoms. The van der Waals surface area contributed by atoms with Crippen molar-refractivity contribution in [1.82, 2.24) is 0 Å². The van der Waals surface area contributed by atoms with Gasteiger partial charge in [-0.3, -0.25) is 0 Å². The summed E-state index contributed by atoms with van der Waals surface area (Å²) in [6.45, 7) is 4.56. The number of rotatable bonds is 25. The van der Waals surface area contributed by atoms with E-state index in [2.05, 4.69) is 13.8 Å². The van der Waals surface area contributed by atoms with Crippen LogP contribution < -0.4 is 0 Å². The van der Waals surface area contributed by atoms with E-state index in [9.17, 15) is 4.79 Å². The first-order valence-corrected chi connectivity index (χ1v) is 14.1. The second-order valence-corrected chi connectivity index (χ2v) is 9.77. The summed E-state index contributed by atoms with van der Waals surface area (Å²) < 4.78 is 0. The molecule has 1 atom stereocenters. The van der Waals surface area contributed by atoms with E-state index in [-0.39, 0.29) is 0 Å². The van der Waals surface area contributed by atoms with Crippen LogP contribution >= 0.6 is 0 Å². The van der Waals surface area contributed by atoms with E-state index in [1.807, 2.05) is 6.08 Å². The van der Waals surface area contributed by atoms with Crippen molar-refractivity contribution >= 4 is 5.97 Å². The van der Waals surface area contributed by atoms with Gasteiger partial charge < -0.3 is 5.11 Å². The van der Waals surface area contributed by atoms with Gasteiger partial charge in [-0.2, -0.15) is 0 Å². The Hall–Kier alpha value is -0.790. The second kappa shape index (κ2) is 25.5. The minimum Gasteiger partial charge on any atom is -0.478 e. The fourth-order valence-corrected chi connectivity index (χ4v) is 4.61. The largest absolute Gasteiger partial charge is 0.478 e. The molecule has 0 radical (unpaired) electrons. The highest BCUT2D eigenvalue weighted by molar-refractivity contribution is 5.79. The van der Waals surface area contributed by atoms with Gasteiger partial charge in [0.1, 0.15) is 0 Å². The Kier molecular flexibility index (Phi) is 24.8. The number of aliphatic carboxylic acids is 1. The van der Waals surface area contributed by atoms with Crippen LogP contribution in [0.1, 0.15) is 162 Å². The van der Waals surface area contributed by atoms with Gasteiger partial charge in [0.05, 0.1) is 0 Å². The van der Waals surface area contributed by atoms with E-state index >= 15 is 0 Å². The minimum absolute atomic E-state index is 0.789. The van der Waals surface area contributed by atoms with Crippen molar-refractivity contribution < 1.29 is 9.90 Å². The summed E-state index contributed by atoms with van der Waals surface area (Å²) in [6, 6.07) is 0. The quantitative estimate of drug-likeness (QED) is 0.114. The molecule has 0 bridgehead atoms. The van der Waals surface area contributed by atoms with Gasteiger partial charge >= 0.3 is 5.97 Å². The van der Waals surface area contributed by atoms with Crippen LogP contribution in [0, 0.1) is 5.92 Å². The van der Waals surface area contributed by atoms with Gasteiger partial charge in [0.15, 0.2) is 0 Å². The number of hydrogen-bond acceptors (Lipinski definition) is 1. The lowest BCUT2D eigenvalue weighted by Crippen LogP contribution is -2.01. The standard InChI is InChI=1S/C29H56O2/c1-3-5-7-9-10-11-12-13-14-15-16-17-18-19-21-25-28(24-20-8-6-4-2)26-22-23-27-29(30)31/h23,27-28H,3-22,24-26H2,1-2H3,(H,30,31)/b27-23+. The van der Waals surface area contributed by atoms with Crippen molar-refractivity contribution in [2.45, 2.75) is 162 Å². The monoisotopic (exact) mass is 436 g/mol. The summed E-state index contributed by atoms with van der Waals surface area (Å²) in [5, 5.41) is 8.74. The molecule has 0 heterocycles. The SMILES string of the molecule is CCCCCCCCCCCCCCCCCC(CC/C=C/C(=O)O)CCCCCC. The van der Waals surface area contributed by atoms with Gasteiger partial charge in [0.2, 0.25) is 0 Å². The van der Waals surface area contributed by atoms with Crippen LogP contribution in [0.4, 0.5) is 0 Å². The fourth-order valence-electron chi connectivity index (χ4n) is 4.61. The predicted molar refractivity (Wildman–Crippen MR) is 138 cm³/mol. The Bertz CT molecular complexity index is 388. The summed E-state index contributed by atoms with van der Waals surface area (Å²) in [6.07, 6.45) is 34.6. The molecule has 2 heteroatoms. The summed E-state index contributed by atoms with van der Waals surface area (Å²) in [4.78, 5) is 10.6. The van der Waals surface area contributed by atoms with Crippen LogP contribution in [-0.4, -0.2) is 11.1 Å². The molecule has 0 fully saturated rings. The number of allylic oxidation sites excluding steroid dienone is 1. The summed E-state index contributed by atoms with van der Waals surface area (Å²) in [7, 11) is 0. The lowest BCUT2D eigenvalue weighted by Gasteiger charge is -2.16.